The zero-order chi connectivity index (χ0) is 9.35. The van der Waals surface area contributed by atoms with Crippen LogP contribution in [-0.2, 0) is 4.79 Å². The standard InChI is InChI=1S/C11H18O/c1-8(2)11(4)6-5-9(3)7-10(11)12/h7-8H,5-6H2,1-4H3/t11-/m1/s1. The van der Waals surface area contributed by atoms with E-state index in [1.54, 1.807) is 0 Å². The molecular weight excluding hydrogens is 148 g/mol. The lowest BCUT2D eigenvalue weighted by molar-refractivity contribution is -0.126. The molecule has 68 valence electrons. The highest BCUT2D eigenvalue weighted by molar-refractivity contribution is 5.96. The maximum Gasteiger partial charge on any atom is 0.161 e. The Morgan fingerprint density at radius 3 is 2.50 bits per heavy atom. The first kappa shape index (κ1) is 9.50. The second kappa shape index (κ2) is 3.04. The molecule has 0 bridgehead atoms. The van der Waals surface area contributed by atoms with Crippen LogP contribution in [0.2, 0.25) is 0 Å². The largest absolute Gasteiger partial charge is 0.294 e. The van der Waals surface area contributed by atoms with Crippen molar-refractivity contribution in [2.75, 3.05) is 0 Å². The molecule has 1 aliphatic carbocycles. The fraction of sp³-hybridized carbons (Fsp3) is 0.727. The van der Waals surface area contributed by atoms with Crippen LogP contribution in [-0.4, -0.2) is 5.78 Å². The second-order valence-corrected chi connectivity index (χ2v) is 4.43. The van der Waals surface area contributed by atoms with Crippen LogP contribution in [0.5, 0.6) is 0 Å². The number of rotatable bonds is 1. The normalized spacial score (nSPS) is 30.8. The van der Waals surface area contributed by atoms with Gasteiger partial charge in [-0.25, -0.2) is 0 Å². The molecule has 0 aromatic carbocycles. The molecule has 0 amide bonds. The number of carbonyl (C=O) groups excluding carboxylic acids is 1. The molecule has 0 unspecified atom stereocenters. The molecule has 0 spiro atoms. The fourth-order valence-electron chi connectivity index (χ4n) is 1.61. The summed E-state index contributed by atoms with van der Waals surface area (Å²) in [5, 5.41) is 0. The van der Waals surface area contributed by atoms with Gasteiger partial charge in [-0.05, 0) is 31.8 Å². The molecule has 0 aromatic heterocycles. The van der Waals surface area contributed by atoms with E-state index >= 15 is 0 Å². The molecule has 0 saturated carbocycles. The first-order valence-electron chi connectivity index (χ1n) is 4.68. The van der Waals surface area contributed by atoms with E-state index in [4.69, 9.17) is 0 Å². The molecule has 1 nitrogen and oxygen atoms in total. The average Bonchev–Trinajstić information content (AvgIpc) is 1.97. The van der Waals surface area contributed by atoms with E-state index in [1.165, 1.54) is 5.57 Å². The molecule has 0 fully saturated rings. The average molecular weight is 166 g/mol. The Hall–Kier alpha value is -0.590. The Balaban J connectivity index is 2.90. The summed E-state index contributed by atoms with van der Waals surface area (Å²) in [4.78, 5) is 11.7. The zero-order valence-electron chi connectivity index (χ0n) is 8.48. The summed E-state index contributed by atoms with van der Waals surface area (Å²) in [6.07, 6.45) is 3.93. The Kier molecular flexibility index (Phi) is 2.41. The first-order chi connectivity index (χ1) is 5.47. The summed E-state index contributed by atoms with van der Waals surface area (Å²) in [6, 6.07) is 0. The van der Waals surface area contributed by atoms with Crippen LogP contribution in [0.3, 0.4) is 0 Å². The Bertz CT molecular complexity index is 225. The Morgan fingerprint density at radius 1 is 1.50 bits per heavy atom. The second-order valence-electron chi connectivity index (χ2n) is 4.43. The van der Waals surface area contributed by atoms with Crippen molar-refractivity contribution >= 4 is 5.78 Å². The van der Waals surface area contributed by atoms with Crippen LogP contribution >= 0.6 is 0 Å². The van der Waals surface area contributed by atoms with Gasteiger partial charge in [0, 0.05) is 5.41 Å². The van der Waals surface area contributed by atoms with E-state index in [0.29, 0.717) is 11.7 Å². The monoisotopic (exact) mass is 166 g/mol. The predicted octanol–water partition coefficient (Wildman–Crippen LogP) is 2.96. The molecule has 1 aliphatic rings. The van der Waals surface area contributed by atoms with E-state index in [9.17, 15) is 4.79 Å². The molecule has 1 atom stereocenters. The number of carbonyl (C=O) groups is 1. The SMILES string of the molecule is CC1=CC(=O)[C@@](C)(C(C)C)CC1. The van der Waals surface area contributed by atoms with Crippen LogP contribution in [0.4, 0.5) is 0 Å². The van der Waals surface area contributed by atoms with Gasteiger partial charge in [-0.1, -0.05) is 26.3 Å². The van der Waals surface area contributed by atoms with Crippen LogP contribution < -0.4 is 0 Å². The summed E-state index contributed by atoms with van der Waals surface area (Å²) < 4.78 is 0. The molecule has 0 heterocycles. The van der Waals surface area contributed by atoms with Crippen LogP contribution in [0.25, 0.3) is 0 Å². The summed E-state index contributed by atoms with van der Waals surface area (Å²) in [7, 11) is 0. The molecule has 1 heteroatoms. The minimum Gasteiger partial charge on any atom is -0.294 e. The number of allylic oxidation sites excluding steroid dienone is 2. The van der Waals surface area contributed by atoms with Crippen molar-refractivity contribution in [1.82, 2.24) is 0 Å². The van der Waals surface area contributed by atoms with Gasteiger partial charge in [-0.3, -0.25) is 4.79 Å². The molecule has 12 heavy (non-hydrogen) atoms. The third-order valence-electron chi connectivity index (χ3n) is 3.25. The van der Waals surface area contributed by atoms with Crippen LogP contribution in [0.15, 0.2) is 11.6 Å². The summed E-state index contributed by atoms with van der Waals surface area (Å²) in [5.74, 6) is 0.774. The van der Waals surface area contributed by atoms with Crippen molar-refractivity contribution in [3.05, 3.63) is 11.6 Å². The highest BCUT2D eigenvalue weighted by Gasteiger charge is 2.36. The van der Waals surface area contributed by atoms with Crippen molar-refractivity contribution in [2.24, 2.45) is 11.3 Å². The van der Waals surface area contributed by atoms with E-state index < -0.39 is 0 Å². The van der Waals surface area contributed by atoms with E-state index in [-0.39, 0.29) is 5.41 Å². The molecule has 1 rings (SSSR count). The summed E-state index contributed by atoms with van der Waals surface area (Å²) in [5.41, 5.74) is 1.14. The highest BCUT2D eigenvalue weighted by atomic mass is 16.1. The smallest absolute Gasteiger partial charge is 0.161 e. The van der Waals surface area contributed by atoms with Crippen molar-refractivity contribution in [3.63, 3.8) is 0 Å². The van der Waals surface area contributed by atoms with Gasteiger partial charge < -0.3 is 0 Å². The lowest BCUT2D eigenvalue weighted by Crippen LogP contribution is -2.34. The molecule has 0 aromatic rings. The zero-order valence-corrected chi connectivity index (χ0v) is 8.48. The van der Waals surface area contributed by atoms with Crippen molar-refractivity contribution in [2.45, 2.75) is 40.5 Å². The molecule has 0 aliphatic heterocycles. The van der Waals surface area contributed by atoms with E-state index in [1.807, 2.05) is 13.0 Å². The number of hydrogen-bond donors (Lipinski definition) is 0. The van der Waals surface area contributed by atoms with Crippen molar-refractivity contribution < 1.29 is 4.79 Å². The van der Waals surface area contributed by atoms with Crippen LogP contribution in [0.1, 0.15) is 40.5 Å². The van der Waals surface area contributed by atoms with Gasteiger partial charge in [-0.2, -0.15) is 0 Å². The number of hydrogen-bond acceptors (Lipinski definition) is 1. The molecule has 0 N–H and O–H groups in total. The molecular formula is C11H18O. The van der Waals surface area contributed by atoms with Gasteiger partial charge in [0.2, 0.25) is 0 Å². The van der Waals surface area contributed by atoms with Gasteiger partial charge in [0.05, 0.1) is 0 Å². The Morgan fingerprint density at radius 2 is 2.08 bits per heavy atom. The van der Waals surface area contributed by atoms with E-state index in [2.05, 4.69) is 20.8 Å². The summed E-state index contributed by atoms with van der Waals surface area (Å²) >= 11 is 0. The lowest BCUT2D eigenvalue weighted by atomic mass is 9.68. The van der Waals surface area contributed by atoms with E-state index in [0.717, 1.165) is 12.8 Å². The fourth-order valence-corrected chi connectivity index (χ4v) is 1.61. The van der Waals surface area contributed by atoms with Crippen LogP contribution in [0, 0.1) is 11.3 Å². The van der Waals surface area contributed by atoms with Gasteiger partial charge in [0.1, 0.15) is 0 Å². The first-order valence-corrected chi connectivity index (χ1v) is 4.68. The van der Waals surface area contributed by atoms with Gasteiger partial charge in [0.25, 0.3) is 0 Å². The maximum atomic E-state index is 11.7. The number of ketones is 1. The van der Waals surface area contributed by atoms with Crippen molar-refractivity contribution in [1.29, 1.82) is 0 Å². The molecule has 0 saturated heterocycles. The maximum absolute atomic E-state index is 11.7. The third-order valence-corrected chi connectivity index (χ3v) is 3.25. The topological polar surface area (TPSA) is 17.1 Å². The highest BCUT2D eigenvalue weighted by Crippen LogP contribution is 2.38. The van der Waals surface area contributed by atoms with Gasteiger partial charge in [0.15, 0.2) is 5.78 Å². The predicted molar refractivity (Wildman–Crippen MR) is 50.9 cm³/mol. The quantitative estimate of drug-likeness (QED) is 0.585. The lowest BCUT2D eigenvalue weighted by Gasteiger charge is -2.34. The van der Waals surface area contributed by atoms with Gasteiger partial charge >= 0.3 is 0 Å². The minimum absolute atomic E-state index is 0.0977. The minimum atomic E-state index is -0.0977. The third kappa shape index (κ3) is 1.45. The molecule has 0 radical (unpaired) electrons. The van der Waals surface area contributed by atoms with Gasteiger partial charge in [-0.15, -0.1) is 0 Å². The van der Waals surface area contributed by atoms with Crippen molar-refractivity contribution in [3.8, 4) is 0 Å². The Labute approximate surface area is 74.9 Å². The summed E-state index contributed by atoms with van der Waals surface area (Å²) in [6.45, 7) is 8.39.